The zero-order chi connectivity index (χ0) is 41.2. The summed E-state index contributed by atoms with van der Waals surface area (Å²) in [5, 5.41) is 29.6. The van der Waals surface area contributed by atoms with Crippen LogP contribution in [0.2, 0.25) is 0 Å². The molecule has 0 saturated carbocycles. The highest BCUT2D eigenvalue weighted by Gasteiger charge is 2.52. The van der Waals surface area contributed by atoms with Crippen molar-refractivity contribution < 1.29 is 15.0 Å². The number of fused-ring (bicyclic) bond motifs is 6. The van der Waals surface area contributed by atoms with Gasteiger partial charge in [-0.3, -0.25) is 4.79 Å². The highest BCUT2D eigenvalue weighted by molar-refractivity contribution is 6.31. The van der Waals surface area contributed by atoms with E-state index in [0.717, 1.165) is 83.5 Å². The highest BCUT2D eigenvalue weighted by Crippen LogP contribution is 2.58. The van der Waals surface area contributed by atoms with Crippen LogP contribution in [0.4, 0.5) is 28.4 Å². The third-order valence-corrected chi connectivity index (χ3v) is 13.8. The lowest BCUT2D eigenvalue weighted by Crippen LogP contribution is -2.42. The average molecular weight is 782 g/mol. The second-order valence-corrected chi connectivity index (χ2v) is 17.7. The number of phenols is 1. The number of ketones is 1. The van der Waals surface area contributed by atoms with Crippen LogP contribution in [0.1, 0.15) is 56.9 Å². The maximum absolute atomic E-state index is 14.7. The zero-order valence-electron chi connectivity index (χ0n) is 34.4. The second kappa shape index (κ2) is 12.8. The van der Waals surface area contributed by atoms with Crippen LogP contribution in [0.3, 0.4) is 0 Å². The van der Waals surface area contributed by atoms with Crippen molar-refractivity contribution in [1.29, 1.82) is 0 Å². The molecule has 7 aromatic rings. The normalized spacial score (nSPS) is 19.9. The fourth-order valence-corrected chi connectivity index (χ4v) is 11.0. The first kappa shape index (κ1) is 36.1. The summed E-state index contributed by atoms with van der Waals surface area (Å²) >= 11 is 0. The Balaban J connectivity index is 1.04. The average Bonchev–Trinajstić information content (AvgIpc) is 3.25. The molecule has 2 aliphatic heterocycles. The third-order valence-electron chi connectivity index (χ3n) is 13.8. The number of nitrogens with zero attached hydrogens (tertiary/aromatic N) is 2. The number of rotatable bonds is 4. The fourth-order valence-electron chi connectivity index (χ4n) is 11.0. The second-order valence-electron chi connectivity index (χ2n) is 17.7. The van der Waals surface area contributed by atoms with E-state index >= 15 is 0 Å². The van der Waals surface area contributed by atoms with Crippen LogP contribution in [0.25, 0.3) is 27.1 Å². The molecule has 0 fully saturated rings. The van der Waals surface area contributed by atoms with Gasteiger partial charge in [0.15, 0.2) is 5.78 Å². The molecule has 7 aromatic carbocycles. The van der Waals surface area contributed by atoms with E-state index in [1.54, 1.807) is 0 Å². The molecule has 2 N–H and O–H groups in total. The van der Waals surface area contributed by atoms with E-state index in [0.29, 0.717) is 11.1 Å². The van der Waals surface area contributed by atoms with Gasteiger partial charge in [0, 0.05) is 62.6 Å². The zero-order valence-corrected chi connectivity index (χ0v) is 34.4. The molecule has 2 atom stereocenters. The quantitative estimate of drug-likeness (QED) is 0.175. The summed E-state index contributed by atoms with van der Waals surface area (Å²) in [6.07, 6.45) is 4.11. The number of Topliss-reactive ketones (excluding diaryl/α,β-unsaturated/α-hetero) is 1. The fraction of sp³-hybridized carbons (Fsp3) is 0.164. The summed E-state index contributed by atoms with van der Waals surface area (Å²) in [6, 6.07) is 50.2. The van der Waals surface area contributed by atoms with Crippen molar-refractivity contribution in [2.45, 2.75) is 45.4 Å². The van der Waals surface area contributed by atoms with Gasteiger partial charge in [0.05, 0.1) is 33.9 Å². The lowest BCUT2D eigenvalue weighted by Gasteiger charge is -2.43. The molecule has 292 valence electrons. The molecular formula is C55H45N2O3+. The van der Waals surface area contributed by atoms with Gasteiger partial charge in [0.25, 0.3) is 0 Å². The molecular weight excluding hydrogens is 737 g/mol. The van der Waals surface area contributed by atoms with E-state index in [1.807, 2.05) is 19.1 Å². The Hall–Kier alpha value is -6.98. The Labute approximate surface area is 350 Å². The van der Waals surface area contributed by atoms with Crippen molar-refractivity contribution in [2.24, 2.45) is 11.8 Å². The molecule has 2 aliphatic carbocycles. The summed E-state index contributed by atoms with van der Waals surface area (Å²) in [5.41, 5.74) is 10.6. The van der Waals surface area contributed by atoms with E-state index in [9.17, 15) is 15.0 Å². The minimum atomic E-state index is -0.576. The molecule has 4 aliphatic rings. The predicted molar refractivity (Wildman–Crippen MR) is 246 cm³/mol. The van der Waals surface area contributed by atoms with Gasteiger partial charge < -0.3 is 15.1 Å². The lowest BCUT2D eigenvalue weighted by atomic mass is 9.62. The molecule has 0 bridgehead atoms. The van der Waals surface area contributed by atoms with Gasteiger partial charge in [-0.05, 0) is 59.2 Å². The third kappa shape index (κ3) is 4.80. The Kier molecular flexibility index (Phi) is 7.68. The van der Waals surface area contributed by atoms with Gasteiger partial charge in [-0.15, -0.1) is 0 Å². The Bertz CT molecular complexity index is 3170. The molecule has 0 spiro atoms. The van der Waals surface area contributed by atoms with Gasteiger partial charge in [0.1, 0.15) is 11.5 Å². The summed E-state index contributed by atoms with van der Waals surface area (Å²) in [4.78, 5) is 17.0. The molecule has 0 amide bonds. The first-order valence-corrected chi connectivity index (χ1v) is 20.9. The van der Waals surface area contributed by atoms with Crippen LogP contribution in [0.5, 0.6) is 5.75 Å². The van der Waals surface area contributed by atoms with Crippen molar-refractivity contribution in [3.8, 4) is 5.75 Å². The number of phenolic OH excluding ortho intramolecular Hbond substituents is 1. The number of para-hydroxylation sites is 2. The van der Waals surface area contributed by atoms with E-state index in [1.165, 1.54) is 0 Å². The topological polar surface area (TPSA) is 63.8 Å². The van der Waals surface area contributed by atoms with Crippen LogP contribution in [-0.2, 0) is 15.6 Å². The number of aromatic hydroxyl groups is 1. The van der Waals surface area contributed by atoms with Crippen LogP contribution >= 0.6 is 0 Å². The van der Waals surface area contributed by atoms with Gasteiger partial charge in [0.2, 0.25) is 17.1 Å². The SMILES string of the molecule is CC1=C(c2ccc3c(c2O)C(C)(C)c2ccccc2N3c2cccc3ccccc23)C(=O)C1C1C=CC2=[N+](c3cccc4ccccc34)c3ccccc3C(C)(C)C2=C1O. The molecule has 0 saturated heterocycles. The summed E-state index contributed by atoms with van der Waals surface area (Å²) in [7, 11) is 0. The maximum Gasteiger partial charge on any atom is 0.219 e. The van der Waals surface area contributed by atoms with E-state index in [-0.39, 0.29) is 17.3 Å². The molecule has 5 nitrogen and oxygen atoms in total. The summed E-state index contributed by atoms with van der Waals surface area (Å²) < 4.78 is 2.27. The smallest absolute Gasteiger partial charge is 0.219 e. The number of carbonyl (C=O) groups excluding carboxylic acids is 1. The number of hydrogen-bond acceptors (Lipinski definition) is 4. The number of anilines is 3. The molecule has 11 rings (SSSR count). The minimum absolute atomic E-state index is 0.0761. The standard InChI is InChI=1S/C55H44N2O3/c1-32-47(37-28-30-45-49(51(37)58)54(2,3)39-22-10-12-24-43(39)56(45)41-26-14-18-33-16-6-8-20-35(33)41)53(60)48(32)38-29-31-46-50(52(38)59)55(4,5)40-23-11-13-25-44(40)57(46)42-27-15-19-34-17-7-9-21-36(34)42/h6-31,37,47,59H,1-5H3/p+1. The first-order valence-electron chi connectivity index (χ1n) is 20.9. The Morgan fingerprint density at radius 1 is 0.600 bits per heavy atom. The largest absolute Gasteiger partial charge is 0.511 e. The van der Waals surface area contributed by atoms with Crippen LogP contribution < -0.4 is 9.48 Å². The van der Waals surface area contributed by atoms with Crippen LogP contribution in [-0.4, -0.2) is 21.7 Å². The number of carbonyl (C=O) groups is 1. The van der Waals surface area contributed by atoms with Crippen molar-refractivity contribution in [2.75, 3.05) is 4.90 Å². The van der Waals surface area contributed by atoms with Gasteiger partial charge in [-0.2, -0.15) is 4.58 Å². The molecule has 0 aromatic heterocycles. The monoisotopic (exact) mass is 781 g/mol. The van der Waals surface area contributed by atoms with Crippen molar-refractivity contribution in [3.63, 3.8) is 0 Å². The number of hydrogen-bond donors (Lipinski definition) is 2. The number of aliphatic hydroxyl groups excluding tert-OH is 1. The minimum Gasteiger partial charge on any atom is -0.511 e. The molecule has 2 heterocycles. The van der Waals surface area contributed by atoms with E-state index < -0.39 is 22.7 Å². The maximum atomic E-state index is 14.7. The lowest BCUT2D eigenvalue weighted by molar-refractivity contribution is -0.118. The number of allylic oxidation sites excluding steroid dienone is 5. The molecule has 0 radical (unpaired) electrons. The first-order chi connectivity index (χ1) is 29.0. The molecule has 5 heteroatoms. The van der Waals surface area contributed by atoms with Crippen molar-refractivity contribution in [1.82, 2.24) is 4.58 Å². The highest BCUT2D eigenvalue weighted by atomic mass is 16.3. The van der Waals surface area contributed by atoms with Gasteiger partial charge in [-0.25, -0.2) is 0 Å². The predicted octanol–water partition coefficient (Wildman–Crippen LogP) is 13.0. The van der Waals surface area contributed by atoms with Crippen LogP contribution in [0, 0.1) is 11.8 Å². The van der Waals surface area contributed by atoms with E-state index in [2.05, 4.69) is 183 Å². The summed E-state index contributed by atoms with van der Waals surface area (Å²) in [5.74, 6) is -0.865. The van der Waals surface area contributed by atoms with Crippen molar-refractivity contribution in [3.05, 3.63) is 197 Å². The number of benzene rings is 7. The van der Waals surface area contributed by atoms with Gasteiger partial charge in [-0.1, -0.05) is 137 Å². The van der Waals surface area contributed by atoms with E-state index in [4.69, 9.17) is 0 Å². The van der Waals surface area contributed by atoms with Gasteiger partial charge >= 0.3 is 0 Å². The molecule has 2 unspecified atom stereocenters. The molecule has 60 heavy (non-hydrogen) atoms. The Morgan fingerprint density at radius 2 is 1.20 bits per heavy atom. The summed E-state index contributed by atoms with van der Waals surface area (Å²) in [6.45, 7) is 10.6. The Morgan fingerprint density at radius 3 is 1.97 bits per heavy atom. The van der Waals surface area contributed by atoms with Crippen molar-refractivity contribution >= 4 is 67.0 Å². The number of aliphatic hydroxyl groups is 1. The van der Waals surface area contributed by atoms with Crippen LogP contribution in [0.15, 0.2) is 175 Å².